The van der Waals surface area contributed by atoms with Crippen LogP contribution in [-0.2, 0) is 17.6 Å². The molecule has 0 unspecified atom stereocenters. The molecule has 0 amide bonds. The molecule has 1 saturated heterocycles. The van der Waals surface area contributed by atoms with Gasteiger partial charge in [-0.2, -0.15) is 0 Å². The number of aryl methyl sites for hydroxylation is 1. The minimum absolute atomic E-state index is 0.0244. The molecule has 2 heterocycles. The first kappa shape index (κ1) is 20.4. The number of phenols is 1. The van der Waals surface area contributed by atoms with E-state index in [2.05, 4.69) is 46.6 Å². The Morgan fingerprint density at radius 3 is 2.59 bits per heavy atom. The fourth-order valence-corrected chi connectivity index (χ4v) is 4.92. The van der Waals surface area contributed by atoms with Crippen molar-refractivity contribution in [2.24, 2.45) is 5.92 Å². The molecule has 0 aromatic heterocycles. The number of hydrogen-bond donors (Lipinski definition) is 2. The minimum atomic E-state index is 0.0244. The molecular weight excluding hydrogens is 360 g/mol. The van der Waals surface area contributed by atoms with Crippen LogP contribution in [0.3, 0.4) is 0 Å². The Bertz CT molecular complexity index is 800. The number of piperidine rings is 1. The quantitative estimate of drug-likeness (QED) is 0.781. The van der Waals surface area contributed by atoms with E-state index in [1.807, 2.05) is 20.0 Å². The Kier molecular flexibility index (Phi) is 6.53. The average Bonchev–Trinajstić information content (AvgIpc) is 2.76. The third-order valence-corrected chi connectivity index (χ3v) is 6.72. The van der Waals surface area contributed by atoms with Crippen LogP contribution in [0.5, 0.6) is 5.75 Å². The van der Waals surface area contributed by atoms with E-state index in [9.17, 15) is 5.11 Å². The van der Waals surface area contributed by atoms with Crippen molar-refractivity contribution in [3.63, 3.8) is 0 Å². The van der Waals surface area contributed by atoms with Crippen LogP contribution in [0, 0.1) is 12.8 Å². The molecule has 0 spiro atoms. The van der Waals surface area contributed by atoms with Crippen molar-refractivity contribution >= 4 is 0 Å². The van der Waals surface area contributed by atoms with Gasteiger partial charge >= 0.3 is 0 Å². The first-order chi connectivity index (χ1) is 14.2. The van der Waals surface area contributed by atoms with Gasteiger partial charge in [-0.1, -0.05) is 42.5 Å². The van der Waals surface area contributed by atoms with Gasteiger partial charge in [-0.15, -0.1) is 0 Å². The minimum Gasteiger partial charge on any atom is -0.507 e. The molecule has 4 rings (SSSR count). The van der Waals surface area contributed by atoms with Gasteiger partial charge in [-0.05, 0) is 68.9 Å². The molecule has 2 aromatic rings. The Morgan fingerprint density at radius 2 is 1.86 bits per heavy atom. The summed E-state index contributed by atoms with van der Waals surface area (Å²) in [6.07, 6.45) is 4.52. The maximum absolute atomic E-state index is 10.7. The summed E-state index contributed by atoms with van der Waals surface area (Å²) in [5.41, 5.74) is 4.64. The molecule has 2 atom stereocenters. The van der Waals surface area contributed by atoms with Gasteiger partial charge in [-0.3, -0.25) is 0 Å². The summed E-state index contributed by atoms with van der Waals surface area (Å²) in [7, 11) is 1.96. The highest BCUT2D eigenvalue weighted by Gasteiger charge is 2.35. The summed E-state index contributed by atoms with van der Waals surface area (Å²) in [6.45, 7) is 6.18. The third kappa shape index (κ3) is 4.66. The van der Waals surface area contributed by atoms with Crippen LogP contribution in [0.4, 0.5) is 0 Å². The number of nitrogens with zero attached hydrogens (tertiary/aromatic N) is 1. The molecule has 0 bridgehead atoms. The first-order valence-electron chi connectivity index (χ1n) is 11.0. The van der Waals surface area contributed by atoms with E-state index in [0.29, 0.717) is 11.7 Å². The van der Waals surface area contributed by atoms with Crippen molar-refractivity contribution in [3.05, 3.63) is 64.7 Å². The Labute approximate surface area is 174 Å². The van der Waals surface area contributed by atoms with E-state index >= 15 is 0 Å². The maximum atomic E-state index is 10.7. The predicted octanol–water partition coefficient (Wildman–Crippen LogP) is 3.86. The van der Waals surface area contributed by atoms with Crippen molar-refractivity contribution in [2.75, 3.05) is 33.2 Å². The molecule has 156 valence electrons. The standard InChI is InChI=1S/C25H34N2O2/c1-18-8-9-21-22(25(18)28)16-23(29-24(21)17-26-2)20-11-14-27(15-12-20)13-10-19-6-4-3-5-7-19/h3-9,20,23-24,26,28H,10-17H2,1-2H3/t23-,24-/m0/s1. The van der Waals surface area contributed by atoms with E-state index in [4.69, 9.17) is 4.74 Å². The van der Waals surface area contributed by atoms with Crippen LogP contribution >= 0.6 is 0 Å². The van der Waals surface area contributed by atoms with Gasteiger partial charge in [0.15, 0.2) is 0 Å². The molecule has 4 heteroatoms. The van der Waals surface area contributed by atoms with Gasteiger partial charge in [0.1, 0.15) is 5.75 Å². The van der Waals surface area contributed by atoms with Crippen LogP contribution in [0.15, 0.2) is 42.5 Å². The zero-order valence-corrected chi connectivity index (χ0v) is 17.7. The van der Waals surface area contributed by atoms with Crippen LogP contribution < -0.4 is 5.32 Å². The molecule has 2 aliphatic rings. The molecule has 0 radical (unpaired) electrons. The van der Waals surface area contributed by atoms with E-state index < -0.39 is 0 Å². The van der Waals surface area contributed by atoms with E-state index in [1.54, 1.807) is 0 Å². The third-order valence-electron chi connectivity index (χ3n) is 6.72. The first-order valence-corrected chi connectivity index (χ1v) is 11.0. The van der Waals surface area contributed by atoms with Crippen LogP contribution in [0.25, 0.3) is 0 Å². The van der Waals surface area contributed by atoms with Crippen LogP contribution in [0.2, 0.25) is 0 Å². The van der Waals surface area contributed by atoms with Crippen molar-refractivity contribution in [2.45, 2.75) is 44.8 Å². The number of likely N-dealkylation sites (N-methyl/N-ethyl adjacent to an activating group) is 1. The molecule has 2 aliphatic heterocycles. The summed E-state index contributed by atoms with van der Waals surface area (Å²) in [4.78, 5) is 2.59. The lowest BCUT2D eigenvalue weighted by Crippen LogP contribution is -2.42. The fourth-order valence-electron chi connectivity index (χ4n) is 4.92. The lowest BCUT2D eigenvalue weighted by Gasteiger charge is -2.40. The Hall–Kier alpha value is -1.88. The zero-order valence-electron chi connectivity index (χ0n) is 17.7. The average molecular weight is 395 g/mol. The number of aromatic hydroxyl groups is 1. The number of fused-ring (bicyclic) bond motifs is 1. The summed E-state index contributed by atoms with van der Waals surface area (Å²) >= 11 is 0. The molecular formula is C25H34N2O2. The Balaban J connectivity index is 1.37. The zero-order chi connectivity index (χ0) is 20.2. The summed E-state index contributed by atoms with van der Waals surface area (Å²) in [5.74, 6) is 1.03. The van der Waals surface area contributed by atoms with Gasteiger partial charge in [0.2, 0.25) is 0 Å². The number of rotatable bonds is 6. The van der Waals surface area contributed by atoms with Crippen molar-refractivity contribution < 1.29 is 9.84 Å². The number of nitrogens with one attached hydrogen (secondary N) is 1. The predicted molar refractivity (Wildman–Crippen MR) is 117 cm³/mol. The van der Waals surface area contributed by atoms with Crippen LogP contribution in [-0.4, -0.2) is 49.3 Å². The van der Waals surface area contributed by atoms with Gasteiger partial charge in [0, 0.05) is 25.1 Å². The fraction of sp³-hybridized carbons (Fsp3) is 0.520. The number of likely N-dealkylation sites (tertiary alicyclic amines) is 1. The highest BCUT2D eigenvalue weighted by Crippen LogP contribution is 2.40. The second-order valence-electron chi connectivity index (χ2n) is 8.64. The van der Waals surface area contributed by atoms with Crippen molar-refractivity contribution in [1.29, 1.82) is 0 Å². The molecule has 0 aliphatic carbocycles. The second-order valence-corrected chi connectivity index (χ2v) is 8.64. The van der Waals surface area contributed by atoms with E-state index in [0.717, 1.165) is 55.7 Å². The van der Waals surface area contributed by atoms with Crippen molar-refractivity contribution in [1.82, 2.24) is 10.2 Å². The largest absolute Gasteiger partial charge is 0.507 e. The molecule has 2 N–H and O–H groups in total. The number of hydrogen-bond acceptors (Lipinski definition) is 4. The normalized spacial score (nSPS) is 23.1. The Morgan fingerprint density at radius 1 is 1.10 bits per heavy atom. The molecule has 0 saturated carbocycles. The topological polar surface area (TPSA) is 44.7 Å². The lowest BCUT2D eigenvalue weighted by molar-refractivity contribution is -0.0669. The van der Waals surface area contributed by atoms with Gasteiger partial charge in [0.25, 0.3) is 0 Å². The van der Waals surface area contributed by atoms with Gasteiger partial charge < -0.3 is 20.1 Å². The molecule has 4 nitrogen and oxygen atoms in total. The van der Waals surface area contributed by atoms with Gasteiger partial charge in [-0.25, -0.2) is 0 Å². The monoisotopic (exact) mass is 394 g/mol. The highest BCUT2D eigenvalue weighted by atomic mass is 16.5. The summed E-state index contributed by atoms with van der Waals surface area (Å²) in [5, 5.41) is 13.9. The van der Waals surface area contributed by atoms with Crippen LogP contribution in [0.1, 0.15) is 41.2 Å². The smallest absolute Gasteiger partial charge is 0.122 e. The number of ether oxygens (including phenoxy) is 1. The lowest BCUT2D eigenvalue weighted by atomic mass is 9.83. The van der Waals surface area contributed by atoms with E-state index in [-0.39, 0.29) is 12.2 Å². The highest BCUT2D eigenvalue weighted by molar-refractivity contribution is 5.47. The number of benzene rings is 2. The second kappa shape index (κ2) is 9.29. The molecule has 2 aromatic carbocycles. The van der Waals surface area contributed by atoms with Crippen molar-refractivity contribution in [3.8, 4) is 5.75 Å². The maximum Gasteiger partial charge on any atom is 0.122 e. The molecule has 1 fully saturated rings. The number of phenolic OH excluding ortho intramolecular Hbond substituents is 1. The summed E-state index contributed by atoms with van der Waals surface area (Å²) in [6, 6.07) is 14.9. The van der Waals surface area contributed by atoms with Gasteiger partial charge in [0.05, 0.1) is 12.2 Å². The summed E-state index contributed by atoms with van der Waals surface area (Å²) < 4.78 is 6.56. The SMILES string of the molecule is CNC[C@@H]1O[C@H](C2CCN(CCc3ccccc3)CC2)Cc2c1ccc(C)c2O. The van der Waals surface area contributed by atoms with E-state index in [1.165, 1.54) is 18.4 Å². The molecule has 29 heavy (non-hydrogen) atoms.